The van der Waals surface area contributed by atoms with Crippen molar-refractivity contribution in [1.29, 1.82) is 0 Å². The molecule has 0 saturated carbocycles. The summed E-state index contributed by atoms with van der Waals surface area (Å²) in [6, 6.07) is 5.22. The molecule has 20 heavy (non-hydrogen) atoms. The first-order chi connectivity index (χ1) is 9.29. The normalized spacial score (nSPS) is 18.1. The minimum atomic E-state index is -0.130. The smallest absolute Gasteiger partial charge is 0.276 e. The standard InChI is InChI=1S/C13H15N3O3.ClH/c14-8-9-3-1-5-16(9)13(17)10-7-12(19-15-10)11-4-2-6-18-11;/h2,4,6-7,9H,1,3,5,8,14H2;1H. The molecule has 0 bridgehead atoms. The Labute approximate surface area is 122 Å². The predicted molar refractivity (Wildman–Crippen MR) is 74.6 cm³/mol. The molecule has 1 saturated heterocycles. The third-order valence-electron chi connectivity index (χ3n) is 3.40. The number of halogens is 1. The topological polar surface area (TPSA) is 85.5 Å². The molecular weight excluding hydrogens is 282 g/mol. The number of amides is 1. The molecule has 3 heterocycles. The molecule has 3 rings (SSSR count). The first-order valence-corrected chi connectivity index (χ1v) is 6.31. The zero-order valence-corrected chi connectivity index (χ0v) is 11.6. The second-order valence-electron chi connectivity index (χ2n) is 4.58. The Morgan fingerprint density at radius 3 is 3.05 bits per heavy atom. The van der Waals surface area contributed by atoms with Crippen molar-refractivity contribution in [3.63, 3.8) is 0 Å². The number of likely N-dealkylation sites (tertiary alicyclic amines) is 1. The molecule has 0 aromatic carbocycles. The molecule has 0 aliphatic carbocycles. The molecule has 108 valence electrons. The Balaban J connectivity index is 0.00000147. The van der Waals surface area contributed by atoms with E-state index in [0.717, 1.165) is 19.4 Å². The Morgan fingerprint density at radius 2 is 2.35 bits per heavy atom. The number of rotatable bonds is 3. The molecule has 2 aromatic heterocycles. The molecule has 0 radical (unpaired) electrons. The lowest BCUT2D eigenvalue weighted by Crippen LogP contribution is -2.40. The Hall–Kier alpha value is -1.79. The number of hydrogen-bond donors (Lipinski definition) is 1. The monoisotopic (exact) mass is 297 g/mol. The van der Waals surface area contributed by atoms with Crippen LogP contribution in [0.4, 0.5) is 0 Å². The molecule has 2 N–H and O–H groups in total. The zero-order valence-electron chi connectivity index (χ0n) is 10.8. The van der Waals surface area contributed by atoms with Crippen molar-refractivity contribution in [1.82, 2.24) is 10.1 Å². The van der Waals surface area contributed by atoms with Crippen molar-refractivity contribution in [3.8, 4) is 11.5 Å². The summed E-state index contributed by atoms with van der Waals surface area (Å²) >= 11 is 0. The van der Waals surface area contributed by atoms with Crippen LogP contribution in [0.25, 0.3) is 11.5 Å². The van der Waals surface area contributed by atoms with Crippen LogP contribution in [0.3, 0.4) is 0 Å². The highest BCUT2D eigenvalue weighted by Crippen LogP contribution is 2.23. The molecule has 6 nitrogen and oxygen atoms in total. The van der Waals surface area contributed by atoms with Crippen LogP contribution >= 0.6 is 12.4 Å². The van der Waals surface area contributed by atoms with Crippen LogP contribution < -0.4 is 5.73 Å². The van der Waals surface area contributed by atoms with Crippen molar-refractivity contribution in [2.45, 2.75) is 18.9 Å². The van der Waals surface area contributed by atoms with E-state index in [9.17, 15) is 4.79 Å². The van der Waals surface area contributed by atoms with Crippen LogP contribution in [0.5, 0.6) is 0 Å². The van der Waals surface area contributed by atoms with Gasteiger partial charge < -0.3 is 19.6 Å². The fraction of sp³-hybridized carbons (Fsp3) is 0.385. The molecular formula is C13H16ClN3O3. The van der Waals surface area contributed by atoms with Crippen molar-refractivity contribution in [2.75, 3.05) is 13.1 Å². The molecule has 7 heteroatoms. The number of nitrogens with zero attached hydrogens (tertiary/aromatic N) is 2. The van der Waals surface area contributed by atoms with Gasteiger partial charge in [0.25, 0.3) is 5.91 Å². The van der Waals surface area contributed by atoms with Gasteiger partial charge in [0.15, 0.2) is 11.5 Å². The van der Waals surface area contributed by atoms with Crippen molar-refractivity contribution in [2.24, 2.45) is 5.73 Å². The van der Waals surface area contributed by atoms with Gasteiger partial charge in [-0.3, -0.25) is 4.79 Å². The molecule has 1 unspecified atom stereocenters. The van der Waals surface area contributed by atoms with Gasteiger partial charge in [0.2, 0.25) is 5.76 Å². The van der Waals surface area contributed by atoms with E-state index in [2.05, 4.69) is 5.16 Å². The van der Waals surface area contributed by atoms with Gasteiger partial charge in [-0.15, -0.1) is 12.4 Å². The summed E-state index contributed by atoms with van der Waals surface area (Å²) in [6.07, 6.45) is 3.48. The van der Waals surface area contributed by atoms with Gasteiger partial charge in [-0.05, 0) is 25.0 Å². The van der Waals surface area contributed by atoms with Gasteiger partial charge in [0, 0.05) is 25.2 Å². The third-order valence-corrected chi connectivity index (χ3v) is 3.40. The average molecular weight is 298 g/mol. The lowest BCUT2D eigenvalue weighted by Gasteiger charge is -2.21. The van der Waals surface area contributed by atoms with E-state index in [4.69, 9.17) is 14.7 Å². The highest BCUT2D eigenvalue weighted by Gasteiger charge is 2.30. The largest absolute Gasteiger partial charge is 0.461 e. The summed E-state index contributed by atoms with van der Waals surface area (Å²) in [5.74, 6) is 0.884. The summed E-state index contributed by atoms with van der Waals surface area (Å²) < 4.78 is 10.3. The van der Waals surface area contributed by atoms with Gasteiger partial charge in [-0.2, -0.15) is 0 Å². The summed E-state index contributed by atoms with van der Waals surface area (Å²) in [4.78, 5) is 14.1. The molecule has 1 aliphatic rings. The van der Waals surface area contributed by atoms with Gasteiger partial charge in [0.05, 0.1) is 6.26 Å². The van der Waals surface area contributed by atoms with E-state index in [1.165, 1.54) is 0 Å². The third kappa shape index (κ3) is 2.57. The maximum absolute atomic E-state index is 12.3. The SMILES string of the molecule is Cl.NCC1CCCN1C(=O)c1cc(-c2ccco2)on1. The van der Waals surface area contributed by atoms with Crippen LogP contribution in [0.1, 0.15) is 23.3 Å². The lowest BCUT2D eigenvalue weighted by molar-refractivity contribution is 0.0730. The van der Waals surface area contributed by atoms with Gasteiger partial charge in [0.1, 0.15) is 0 Å². The van der Waals surface area contributed by atoms with Crippen LogP contribution in [0.15, 0.2) is 33.4 Å². The molecule has 1 aliphatic heterocycles. The lowest BCUT2D eigenvalue weighted by atomic mass is 10.2. The Morgan fingerprint density at radius 1 is 1.50 bits per heavy atom. The Kier molecular flexibility index (Phi) is 4.46. The van der Waals surface area contributed by atoms with E-state index in [1.54, 1.807) is 29.4 Å². The number of hydrogen-bond acceptors (Lipinski definition) is 5. The molecule has 1 fully saturated rings. The van der Waals surface area contributed by atoms with Crippen LogP contribution in [0.2, 0.25) is 0 Å². The van der Waals surface area contributed by atoms with Crippen LogP contribution in [0, 0.1) is 0 Å². The van der Waals surface area contributed by atoms with E-state index < -0.39 is 0 Å². The quantitative estimate of drug-likeness (QED) is 0.935. The fourth-order valence-electron chi connectivity index (χ4n) is 2.41. The van der Waals surface area contributed by atoms with E-state index >= 15 is 0 Å². The molecule has 1 amide bonds. The minimum Gasteiger partial charge on any atom is -0.461 e. The number of aromatic nitrogens is 1. The fourth-order valence-corrected chi connectivity index (χ4v) is 2.41. The van der Waals surface area contributed by atoms with Gasteiger partial charge in [-0.25, -0.2) is 0 Å². The number of furan rings is 1. The molecule has 0 spiro atoms. The molecule has 1 atom stereocenters. The highest BCUT2D eigenvalue weighted by molar-refractivity contribution is 5.93. The predicted octanol–water partition coefficient (Wildman–Crippen LogP) is 1.92. The van der Waals surface area contributed by atoms with Crippen LogP contribution in [-0.4, -0.2) is 35.1 Å². The van der Waals surface area contributed by atoms with Crippen molar-refractivity contribution in [3.05, 3.63) is 30.2 Å². The maximum atomic E-state index is 12.3. The highest BCUT2D eigenvalue weighted by atomic mass is 35.5. The summed E-state index contributed by atoms with van der Waals surface area (Å²) in [5.41, 5.74) is 5.97. The average Bonchev–Trinajstić information content (AvgIpc) is 3.16. The second kappa shape index (κ2) is 6.11. The van der Waals surface area contributed by atoms with E-state index in [1.807, 2.05) is 0 Å². The minimum absolute atomic E-state index is 0. The summed E-state index contributed by atoms with van der Waals surface area (Å²) in [5, 5.41) is 3.82. The Bertz CT molecular complexity index is 567. The summed E-state index contributed by atoms with van der Waals surface area (Å²) in [6.45, 7) is 1.21. The first kappa shape index (κ1) is 14.6. The first-order valence-electron chi connectivity index (χ1n) is 6.31. The zero-order chi connectivity index (χ0) is 13.2. The van der Waals surface area contributed by atoms with Crippen molar-refractivity contribution < 1.29 is 13.7 Å². The van der Waals surface area contributed by atoms with Crippen molar-refractivity contribution >= 4 is 18.3 Å². The number of carbonyl (C=O) groups excluding carboxylic acids is 1. The number of nitrogens with two attached hydrogens (primary N) is 1. The van der Waals surface area contributed by atoms with E-state index in [-0.39, 0.29) is 24.4 Å². The van der Waals surface area contributed by atoms with Gasteiger partial charge >= 0.3 is 0 Å². The van der Waals surface area contributed by atoms with Gasteiger partial charge in [-0.1, -0.05) is 5.16 Å². The number of carbonyl (C=O) groups is 1. The maximum Gasteiger partial charge on any atom is 0.276 e. The van der Waals surface area contributed by atoms with E-state index in [0.29, 0.717) is 23.8 Å². The second-order valence-corrected chi connectivity index (χ2v) is 4.58. The summed E-state index contributed by atoms with van der Waals surface area (Å²) in [7, 11) is 0. The molecule has 2 aromatic rings. The van der Waals surface area contributed by atoms with Crippen LogP contribution in [-0.2, 0) is 0 Å².